The number of amides is 2. The van der Waals surface area contributed by atoms with Crippen LogP contribution in [0, 0.1) is 6.92 Å². The number of hydrazine groups is 2. The third-order valence-corrected chi connectivity index (χ3v) is 5.71. The van der Waals surface area contributed by atoms with E-state index in [-0.39, 0.29) is 6.61 Å². The molecular weight excluding hydrogens is 426 g/mol. The van der Waals surface area contributed by atoms with Gasteiger partial charge in [-0.25, -0.2) is 26.5 Å². The fourth-order valence-electron chi connectivity index (χ4n) is 3.00. The normalized spacial score (nSPS) is 12.2. The van der Waals surface area contributed by atoms with Crippen molar-refractivity contribution in [3.05, 3.63) is 58.6 Å². The molecule has 1 heterocycles. The summed E-state index contributed by atoms with van der Waals surface area (Å²) < 4.78 is 7.06. The molecule has 0 unspecified atom stereocenters. The number of anilines is 1. The summed E-state index contributed by atoms with van der Waals surface area (Å²) >= 11 is 1.60. The maximum atomic E-state index is 12.2. The van der Waals surface area contributed by atoms with Gasteiger partial charge in [-0.1, -0.05) is 25.1 Å². The molecule has 10 heteroatoms. The second kappa shape index (κ2) is 10.3. The van der Waals surface area contributed by atoms with E-state index >= 15 is 0 Å². The zero-order chi connectivity index (χ0) is 23.3. The Morgan fingerprint density at radius 2 is 2.00 bits per heavy atom. The fourth-order valence-corrected chi connectivity index (χ4v) is 3.66. The topological polar surface area (TPSA) is 122 Å². The average Bonchev–Trinajstić information content (AvgIpc) is 3.26. The molecule has 2 amide bonds. The van der Waals surface area contributed by atoms with Crippen LogP contribution in [0.5, 0.6) is 0 Å². The zero-order valence-corrected chi connectivity index (χ0v) is 19.4. The number of rotatable bonds is 6. The largest absolute Gasteiger partial charge is 0.475 e. The standard InChI is InChI=1S/C22H27N7O2S/c1-5-21(27-26-15(3)16-9-10-20-18(11-16)25-13-32-20)31-12-17-14(2)7-6-8-19(17)29(24)22(30)28(4)23/h6-11,13H,5,12,23-24H2,1-4H3. The van der Waals surface area contributed by atoms with Crippen molar-refractivity contribution < 1.29 is 9.53 Å². The van der Waals surface area contributed by atoms with Crippen LogP contribution in [-0.2, 0) is 11.3 Å². The number of nitrogens with two attached hydrogens (primary N) is 2. The quantitative estimate of drug-likeness (QED) is 0.192. The molecule has 0 spiro atoms. The van der Waals surface area contributed by atoms with Crippen LogP contribution >= 0.6 is 11.3 Å². The maximum absolute atomic E-state index is 12.2. The number of carbonyl (C=O) groups is 1. The number of aromatic nitrogens is 1. The van der Waals surface area contributed by atoms with Crippen LogP contribution in [0.2, 0.25) is 0 Å². The molecule has 0 fully saturated rings. The molecule has 0 saturated heterocycles. The second-order valence-electron chi connectivity index (χ2n) is 7.19. The van der Waals surface area contributed by atoms with Crippen LogP contribution in [0.1, 0.15) is 37.0 Å². The van der Waals surface area contributed by atoms with Crippen LogP contribution in [0.4, 0.5) is 10.5 Å². The van der Waals surface area contributed by atoms with Crippen molar-refractivity contribution >= 4 is 44.9 Å². The first kappa shape index (κ1) is 23.3. The molecule has 0 radical (unpaired) electrons. The van der Waals surface area contributed by atoms with E-state index in [0.717, 1.165) is 42.6 Å². The van der Waals surface area contributed by atoms with Gasteiger partial charge in [0.25, 0.3) is 0 Å². The zero-order valence-electron chi connectivity index (χ0n) is 18.6. The van der Waals surface area contributed by atoms with E-state index in [1.807, 2.05) is 56.6 Å². The van der Waals surface area contributed by atoms with Gasteiger partial charge in [-0.05, 0) is 43.2 Å². The number of fused-ring (bicyclic) bond motifs is 1. The fraction of sp³-hybridized carbons (Fsp3) is 0.273. The molecule has 0 aliphatic rings. The van der Waals surface area contributed by atoms with Crippen LogP contribution < -0.4 is 16.7 Å². The first-order chi connectivity index (χ1) is 15.3. The summed E-state index contributed by atoms with van der Waals surface area (Å²) in [6.07, 6.45) is 0.555. The highest BCUT2D eigenvalue weighted by Gasteiger charge is 2.19. The van der Waals surface area contributed by atoms with E-state index in [9.17, 15) is 4.79 Å². The highest BCUT2D eigenvalue weighted by Crippen LogP contribution is 2.24. The van der Waals surface area contributed by atoms with E-state index in [2.05, 4.69) is 15.2 Å². The smallest absolute Gasteiger partial charge is 0.352 e. The monoisotopic (exact) mass is 453 g/mol. The summed E-state index contributed by atoms with van der Waals surface area (Å²) in [5.74, 6) is 12.0. The van der Waals surface area contributed by atoms with Gasteiger partial charge in [-0.3, -0.25) is 5.01 Å². The molecular formula is C22H27N7O2S. The van der Waals surface area contributed by atoms with E-state index in [0.29, 0.717) is 18.0 Å². The third kappa shape index (κ3) is 5.28. The van der Waals surface area contributed by atoms with Crippen LogP contribution in [-0.4, -0.2) is 34.7 Å². The minimum absolute atomic E-state index is 0.184. The van der Waals surface area contributed by atoms with Gasteiger partial charge in [-0.15, -0.1) is 16.4 Å². The molecule has 2 aromatic carbocycles. The Balaban J connectivity index is 1.78. The molecule has 0 aliphatic heterocycles. The Morgan fingerprint density at radius 1 is 1.22 bits per heavy atom. The van der Waals surface area contributed by atoms with Gasteiger partial charge in [0.05, 0.1) is 27.1 Å². The summed E-state index contributed by atoms with van der Waals surface area (Å²) in [6, 6.07) is 11.0. The summed E-state index contributed by atoms with van der Waals surface area (Å²) in [5.41, 5.74) is 6.68. The first-order valence-corrected chi connectivity index (χ1v) is 10.9. The number of ether oxygens (including phenoxy) is 1. The predicted molar refractivity (Wildman–Crippen MR) is 130 cm³/mol. The molecule has 168 valence electrons. The van der Waals surface area contributed by atoms with Crippen LogP contribution in [0.25, 0.3) is 10.2 Å². The van der Waals surface area contributed by atoms with Crippen molar-refractivity contribution in [1.82, 2.24) is 9.99 Å². The third-order valence-electron chi connectivity index (χ3n) is 4.90. The minimum Gasteiger partial charge on any atom is -0.475 e. The Morgan fingerprint density at radius 3 is 2.72 bits per heavy atom. The summed E-state index contributed by atoms with van der Waals surface area (Å²) in [4.78, 5) is 16.5. The molecule has 0 bridgehead atoms. The number of hydrogen-bond acceptors (Lipinski definition) is 8. The Bertz CT molecular complexity index is 1170. The van der Waals surface area contributed by atoms with Crippen molar-refractivity contribution in [2.75, 3.05) is 12.1 Å². The molecule has 0 saturated carbocycles. The Labute approximate surface area is 190 Å². The van der Waals surface area contributed by atoms with Gasteiger partial charge >= 0.3 is 6.03 Å². The van der Waals surface area contributed by atoms with Crippen molar-refractivity contribution in [2.24, 2.45) is 21.9 Å². The van der Waals surface area contributed by atoms with Gasteiger partial charge in [0, 0.05) is 19.0 Å². The van der Waals surface area contributed by atoms with Gasteiger partial charge in [0.15, 0.2) is 0 Å². The van der Waals surface area contributed by atoms with Gasteiger partial charge in [-0.2, -0.15) is 5.10 Å². The molecule has 0 aliphatic carbocycles. The molecule has 4 N–H and O–H groups in total. The van der Waals surface area contributed by atoms with Crippen LogP contribution in [0.3, 0.4) is 0 Å². The molecule has 32 heavy (non-hydrogen) atoms. The highest BCUT2D eigenvalue weighted by molar-refractivity contribution is 7.16. The number of urea groups is 1. The van der Waals surface area contributed by atoms with Gasteiger partial charge in [0.1, 0.15) is 6.61 Å². The first-order valence-electron chi connectivity index (χ1n) is 10.0. The molecule has 0 atom stereocenters. The number of nitrogens with zero attached hydrogens (tertiary/aromatic N) is 5. The summed E-state index contributed by atoms with van der Waals surface area (Å²) in [6.45, 7) is 5.94. The Hall–Kier alpha value is -3.34. The van der Waals surface area contributed by atoms with E-state index in [1.165, 1.54) is 7.05 Å². The lowest BCUT2D eigenvalue weighted by molar-refractivity contribution is 0.216. The van der Waals surface area contributed by atoms with E-state index < -0.39 is 6.03 Å². The lowest BCUT2D eigenvalue weighted by Crippen LogP contribution is -2.49. The lowest BCUT2D eigenvalue weighted by atomic mass is 10.1. The summed E-state index contributed by atoms with van der Waals surface area (Å²) in [5, 5.41) is 10.6. The number of thiazole rings is 1. The lowest BCUT2D eigenvalue weighted by Gasteiger charge is -2.24. The van der Waals surface area contributed by atoms with Crippen LogP contribution in [0.15, 0.2) is 52.1 Å². The van der Waals surface area contributed by atoms with Gasteiger partial charge < -0.3 is 4.74 Å². The SMILES string of the molecule is CCC(=NN=C(C)c1ccc2scnc2c1)OCc1c(C)cccc1N(N)C(=O)N(C)N. The number of benzene rings is 2. The molecule has 1 aromatic heterocycles. The molecule has 3 rings (SSSR count). The van der Waals surface area contributed by atoms with Crippen molar-refractivity contribution in [3.8, 4) is 0 Å². The average molecular weight is 454 g/mol. The molecule has 9 nitrogen and oxygen atoms in total. The number of aryl methyl sites for hydroxylation is 1. The van der Waals surface area contributed by atoms with E-state index in [4.69, 9.17) is 16.4 Å². The number of hydrogen-bond donors (Lipinski definition) is 2. The highest BCUT2D eigenvalue weighted by atomic mass is 32.1. The second-order valence-corrected chi connectivity index (χ2v) is 8.08. The number of carbonyl (C=O) groups excluding carboxylic acids is 1. The Kier molecular flexibility index (Phi) is 7.52. The minimum atomic E-state index is -0.543. The van der Waals surface area contributed by atoms with E-state index in [1.54, 1.807) is 17.4 Å². The predicted octanol–water partition coefficient (Wildman–Crippen LogP) is 3.96. The summed E-state index contributed by atoms with van der Waals surface area (Å²) in [7, 11) is 1.43. The van der Waals surface area contributed by atoms with Gasteiger partial charge in [0.2, 0.25) is 5.90 Å². The molecule has 3 aromatic rings. The van der Waals surface area contributed by atoms with Crippen molar-refractivity contribution in [1.29, 1.82) is 0 Å². The maximum Gasteiger partial charge on any atom is 0.352 e. The van der Waals surface area contributed by atoms with Crippen molar-refractivity contribution in [3.63, 3.8) is 0 Å². The van der Waals surface area contributed by atoms with Crippen molar-refractivity contribution in [2.45, 2.75) is 33.8 Å².